The minimum atomic E-state index is -1.14. The van der Waals surface area contributed by atoms with Crippen molar-refractivity contribution in [2.24, 2.45) is 0 Å². The summed E-state index contributed by atoms with van der Waals surface area (Å²) >= 11 is 5.97. The topological polar surface area (TPSA) is 85.4 Å². The minimum absolute atomic E-state index is 0.0712. The van der Waals surface area contributed by atoms with Crippen LogP contribution in [0.3, 0.4) is 0 Å². The molecule has 17 heavy (non-hydrogen) atoms. The number of carboxylic acids is 1. The van der Waals surface area contributed by atoms with E-state index in [1.165, 1.54) is 13.3 Å². The van der Waals surface area contributed by atoms with Crippen LogP contribution in [0.4, 0.5) is 5.69 Å². The first kappa shape index (κ1) is 11.5. The molecule has 0 saturated carbocycles. The maximum absolute atomic E-state index is 11.0. The SMILES string of the molecule is COc1ccc(Cl)c2ncc(C(=O)O)c(N)c12. The van der Waals surface area contributed by atoms with Crippen molar-refractivity contribution >= 4 is 34.2 Å². The van der Waals surface area contributed by atoms with Gasteiger partial charge in [-0.1, -0.05) is 11.6 Å². The molecule has 0 radical (unpaired) electrons. The molecule has 88 valence electrons. The van der Waals surface area contributed by atoms with Crippen molar-refractivity contribution in [3.63, 3.8) is 0 Å². The maximum atomic E-state index is 11.0. The van der Waals surface area contributed by atoms with E-state index in [0.29, 0.717) is 21.7 Å². The Hall–Kier alpha value is -2.01. The standard InChI is InChI=1S/C11H9ClN2O3/c1-17-7-3-2-6(12)10-8(7)9(13)5(4-14-10)11(15)16/h2-4H,1H3,(H2,13,14)(H,15,16). The number of rotatable bonds is 2. The summed E-state index contributed by atoms with van der Waals surface area (Å²) in [6.07, 6.45) is 1.19. The number of nitrogen functional groups attached to an aromatic ring is 1. The molecule has 1 heterocycles. The normalized spacial score (nSPS) is 10.5. The smallest absolute Gasteiger partial charge is 0.339 e. The average molecular weight is 253 g/mol. The number of carbonyl (C=O) groups is 1. The summed E-state index contributed by atoms with van der Waals surface area (Å²) in [7, 11) is 1.47. The second kappa shape index (κ2) is 4.10. The van der Waals surface area contributed by atoms with Crippen LogP contribution in [0.5, 0.6) is 5.75 Å². The lowest BCUT2D eigenvalue weighted by molar-refractivity contribution is 0.0698. The number of pyridine rings is 1. The second-order valence-corrected chi connectivity index (χ2v) is 3.77. The molecule has 0 spiro atoms. The molecule has 0 unspecified atom stereocenters. The first-order valence-electron chi connectivity index (χ1n) is 4.70. The van der Waals surface area contributed by atoms with E-state index in [0.717, 1.165) is 0 Å². The van der Waals surface area contributed by atoms with E-state index in [1.54, 1.807) is 12.1 Å². The van der Waals surface area contributed by atoms with E-state index in [2.05, 4.69) is 4.98 Å². The Bertz CT molecular complexity index is 613. The van der Waals surface area contributed by atoms with Gasteiger partial charge < -0.3 is 15.6 Å². The number of ether oxygens (including phenoxy) is 1. The Kier molecular flexibility index (Phi) is 2.77. The van der Waals surface area contributed by atoms with E-state index in [-0.39, 0.29) is 11.3 Å². The summed E-state index contributed by atoms with van der Waals surface area (Å²) in [6.45, 7) is 0. The first-order valence-corrected chi connectivity index (χ1v) is 5.08. The number of anilines is 1. The van der Waals surface area contributed by atoms with Crippen molar-refractivity contribution in [2.45, 2.75) is 0 Å². The zero-order valence-electron chi connectivity index (χ0n) is 8.90. The molecule has 0 aliphatic rings. The van der Waals surface area contributed by atoms with E-state index >= 15 is 0 Å². The third-order valence-corrected chi connectivity index (χ3v) is 2.73. The molecular formula is C11H9ClN2O3. The molecule has 0 bridgehead atoms. The zero-order valence-corrected chi connectivity index (χ0v) is 9.65. The highest BCUT2D eigenvalue weighted by molar-refractivity contribution is 6.35. The van der Waals surface area contributed by atoms with Crippen LogP contribution in [0.1, 0.15) is 10.4 Å². The highest BCUT2D eigenvalue weighted by Crippen LogP contribution is 2.35. The van der Waals surface area contributed by atoms with Gasteiger partial charge in [0.1, 0.15) is 11.3 Å². The molecule has 1 aromatic carbocycles. The lowest BCUT2D eigenvalue weighted by atomic mass is 10.1. The van der Waals surface area contributed by atoms with Gasteiger partial charge in [0.2, 0.25) is 0 Å². The van der Waals surface area contributed by atoms with Gasteiger partial charge in [0, 0.05) is 6.20 Å². The molecule has 0 saturated heterocycles. The molecule has 2 rings (SSSR count). The summed E-state index contributed by atoms with van der Waals surface area (Å²) in [4.78, 5) is 15.0. The fourth-order valence-electron chi connectivity index (χ4n) is 1.61. The molecule has 1 aromatic heterocycles. The van der Waals surface area contributed by atoms with Gasteiger partial charge in [0.15, 0.2) is 0 Å². The van der Waals surface area contributed by atoms with Gasteiger partial charge in [0.25, 0.3) is 0 Å². The number of aromatic nitrogens is 1. The van der Waals surface area contributed by atoms with Crippen molar-refractivity contribution in [1.29, 1.82) is 0 Å². The number of fused-ring (bicyclic) bond motifs is 1. The first-order chi connectivity index (χ1) is 8.06. The van der Waals surface area contributed by atoms with Gasteiger partial charge in [-0.25, -0.2) is 4.79 Å². The van der Waals surface area contributed by atoms with Crippen molar-refractivity contribution in [3.8, 4) is 5.75 Å². The lowest BCUT2D eigenvalue weighted by Crippen LogP contribution is -2.05. The molecular weight excluding hydrogens is 244 g/mol. The van der Waals surface area contributed by atoms with Crippen molar-refractivity contribution in [3.05, 3.63) is 28.9 Å². The van der Waals surface area contributed by atoms with Crippen LogP contribution in [-0.4, -0.2) is 23.2 Å². The predicted molar refractivity (Wildman–Crippen MR) is 64.7 cm³/mol. The van der Waals surface area contributed by atoms with E-state index < -0.39 is 5.97 Å². The Labute approximate surface area is 102 Å². The number of carboxylic acid groups (broad SMARTS) is 1. The Morgan fingerprint density at radius 1 is 1.53 bits per heavy atom. The molecule has 0 amide bonds. The molecule has 6 heteroatoms. The lowest BCUT2D eigenvalue weighted by Gasteiger charge is -2.10. The van der Waals surface area contributed by atoms with Gasteiger partial charge in [-0.15, -0.1) is 0 Å². The van der Waals surface area contributed by atoms with Crippen LogP contribution in [0, 0.1) is 0 Å². The van der Waals surface area contributed by atoms with Crippen LogP contribution >= 0.6 is 11.6 Å². The molecule has 0 aliphatic heterocycles. The van der Waals surface area contributed by atoms with Crippen molar-refractivity contribution in [2.75, 3.05) is 12.8 Å². The van der Waals surface area contributed by atoms with Crippen LogP contribution in [-0.2, 0) is 0 Å². The summed E-state index contributed by atoms with van der Waals surface area (Å²) in [5, 5.41) is 9.77. The van der Waals surface area contributed by atoms with E-state index in [1.807, 2.05) is 0 Å². The van der Waals surface area contributed by atoms with Crippen LogP contribution < -0.4 is 10.5 Å². The summed E-state index contributed by atoms with van der Waals surface area (Å²) in [5.41, 5.74) is 6.26. The Morgan fingerprint density at radius 2 is 2.24 bits per heavy atom. The number of methoxy groups -OCH3 is 1. The molecule has 0 atom stereocenters. The summed E-state index contributed by atoms with van der Waals surface area (Å²) < 4.78 is 5.13. The third kappa shape index (κ3) is 1.74. The van der Waals surface area contributed by atoms with Gasteiger partial charge in [-0.3, -0.25) is 4.98 Å². The minimum Gasteiger partial charge on any atom is -0.496 e. The zero-order chi connectivity index (χ0) is 12.6. The fraction of sp³-hybridized carbons (Fsp3) is 0.0909. The molecule has 5 nitrogen and oxygen atoms in total. The van der Waals surface area contributed by atoms with Crippen molar-refractivity contribution in [1.82, 2.24) is 4.98 Å². The van der Waals surface area contributed by atoms with E-state index in [9.17, 15) is 4.79 Å². The summed E-state index contributed by atoms with van der Waals surface area (Å²) in [6, 6.07) is 3.24. The number of hydrogen-bond donors (Lipinski definition) is 2. The quantitative estimate of drug-likeness (QED) is 0.856. The molecule has 0 fully saturated rings. The van der Waals surface area contributed by atoms with Crippen LogP contribution in [0.25, 0.3) is 10.9 Å². The van der Waals surface area contributed by atoms with Gasteiger partial charge >= 0.3 is 5.97 Å². The fourth-order valence-corrected chi connectivity index (χ4v) is 1.81. The largest absolute Gasteiger partial charge is 0.496 e. The van der Waals surface area contributed by atoms with E-state index in [4.69, 9.17) is 27.2 Å². The average Bonchev–Trinajstić information content (AvgIpc) is 2.30. The third-order valence-electron chi connectivity index (χ3n) is 2.42. The molecule has 3 N–H and O–H groups in total. The number of benzene rings is 1. The van der Waals surface area contributed by atoms with Crippen LogP contribution in [0.2, 0.25) is 5.02 Å². The predicted octanol–water partition coefficient (Wildman–Crippen LogP) is 2.18. The van der Waals surface area contributed by atoms with Gasteiger partial charge in [0.05, 0.1) is 28.7 Å². The molecule has 2 aromatic rings. The number of nitrogens with two attached hydrogens (primary N) is 1. The van der Waals surface area contributed by atoms with Gasteiger partial charge in [-0.05, 0) is 12.1 Å². The maximum Gasteiger partial charge on any atom is 0.339 e. The molecule has 0 aliphatic carbocycles. The van der Waals surface area contributed by atoms with Gasteiger partial charge in [-0.2, -0.15) is 0 Å². The number of hydrogen-bond acceptors (Lipinski definition) is 4. The second-order valence-electron chi connectivity index (χ2n) is 3.36. The number of nitrogens with zero attached hydrogens (tertiary/aromatic N) is 1. The Morgan fingerprint density at radius 3 is 2.82 bits per heavy atom. The number of halogens is 1. The van der Waals surface area contributed by atoms with Crippen molar-refractivity contribution < 1.29 is 14.6 Å². The summed E-state index contributed by atoms with van der Waals surface area (Å²) in [5.74, 6) is -0.698. The Balaban J connectivity index is 2.92. The highest BCUT2D eigenvalue weighted by atomic mass is 35.5. The van der Waals surface area contributed by atoms with Crippen LogP contribution in [0.15, 0.2) is 18.3 Å². The number of aromatic carboxylic acids is 1. The monoisotopic (exact) mass is 252 g/mol. The highest BCUT2D eigenvalue weighted by Gasteiger charge is 2.16.